The number of rotatable bonds is 7. The Bertz CT molecular complexity index is 1000. The summed E-state index contributed by atoms with van der Waals surface area (Å²) < 4.78 is 24.2. The fourth-order valence-electron chi connectivity index (χ4n) is 2.87. The SMILES string of the molecule is CCCCOc1ccc(/C=C2\C(=O)NC(=O)N(c3ccc(F)cc3)C2=O)cc1OC. The second kappa shape index (κ2) is 9.21. The highest BCUT2D eigenvalue weighted by Gasteiger charge is 2.36. The first-order chi connectivity index (χ1) is 14.4. The fraction of sp³-hybridized carbons (Fsp3) is 0.227. The quantitative estimate of drug-likeness (QED) is 0.426. The molecular weight excluding hydrogens is 391 g/mol. The van der Waals surface area contributed by atoms with Crippen LogP contribution in [0.5, 0.6) is 11.5 Å². The number of ether oxygens (including phenoxy) is 2. The highest BCUT2D eigenvalue weighted by molar-refractivity contribution is 6.39. The van der Waals surface area contributed by atoms with Crippen LogP contribution in [0.2, 0.25) is 0 Å². The lowest BCUT2D eigenvalue weighted by Crippen LogP contribution is -2.54. The lowest BCUT2D eigenvalue weighted by Gasteiger charge is -2.26. The Morgan fingerprint density at radius 3 is 2.47 bits per heavy atom. The van der Waals surface area contributed by atoms with Crippen molar-refractivity contribution >= 4 is 29.6 Å². The zero-order chi connectivity index (χ0) is 21.7. The molecule has 156 valence electrons. The molecule has 8 heteroatoms. The number of anilines is 1. The molecule has 4 amide bonds. The number of methoxy groups -OCH3 is 1. The van der Waals surface area contributed by atoms with Crippen LogP contribution >= 0.6 is 0 Å². The molecule has 0 bridgehead atoms. The smallest absolute Gasteiger partial charge is 0.335 e. The Kier molecular flexibility index (Phi) is 6.46. The van der Waals surface area contributed by atoms with E-state index in [1.165, 1.54) is 25.3 Å². The Labute approximate surface area is 173 Å². The van der Waals surface area contributed by atoms with Gasteiger partial charge < -0.3 is 9.47 Å². The minimum absolute atomic E-state index is 0.148. The van der Waals surface area contributed by atoms with Gasteiger partial charge in [0.15, 0.2) is 11.5 Å². The molecule has 30 heavy (non-hydrogen) atoms. The highest BCUT2D eigenvalue weighted by Crippen LogP contribution is 2.30. The highest BCUT2D eigenvalue weighted by atomic mass is 19.1. The number of nitrogens with zero attached hydrogens (tertiary/aromatic N) is 1. The third kappa shape index (κ3) is 4.48. The van der Waals surface area contributed by atoms with Crippen molar-refractivity contribution in [1.29, 1.82) is 0 Å². The summed E-state index contributed by atoms with van der Waals surface area (Å²) in [6.45, 7) is 2.60. The minimum Gasteiger partial charge on any atom is -0.493 e. The van der Waals surface area contributed by atoms with Crippen molar-refractivity contribution in [3.63, 3.8) is 0 Å². The second-order valence-corrected chi connectivity index (χ2v) is 6.55. The summed E-state index contributed by atoms with van der Waals surface area (Å²) in [5.41, 5.74) is 0.428. The summed E-state index contributed by atoms with van der Waals surface area (Å²) in [7, 11) is 1.49. The number of carbonyl (C=O) groups excluding carboxylic acids is 3. The van der Waals surface area contributed by atoms with Gasteiger partial charge in [-0.15, -0.1) is 0 Å². The van der Waals surface area contributed by atoms with E-state index in [1.54, 1.807) is 18.2 Å². The van der Waals surface area contributed by atoms with E-state index in [0.717, 1.165) is 29.9 Å². The van der Waals surface area contributed by atoms with Crippen LogP contribution in [0, 0.1) is 5.82 Å². The Morgan fingerprint density at radius 1 is 1.07 bits per heavy atom. The molecule has 1 aliphatic heterocycles. The maximum Gasteiger partial charge on any atom is 0.335 e. The summed E-state index contributed by atoms with van der Waals surface area (Å²) in [4.78, 5) is 38.1. The van der Waals surface area contributed by atoms with Crippen LogP contribution in [-0.4, -0.2) is 31.6 Å². The number of amides is 4. The summed E-state index contributed by atoms with van der Waals surface area (Å²) in [5.74, 6) is -1.13. The van der Waals surface area contributed by atoms with Crippen molar-refractivity contribution in [2.45, 2.75) is 19.8 Å². The number of imide groups is 2. The van der Waals surface area contributed by atoms with Gasteiger partial charge in [-0.2, -0.15) is 0 Å². The normalized spacial score (nSPS) is 15.4. The van der Waals surface area contributed by atoms with Gasteiger partial charge in [0.1, 0.15) is 11.4 Å². The van der Waals surface area contributed by atoms with E-state index in [9.17, 15) is 18.8 Å². The summed E-state index contributed by atoms with van der Waals surface area (Å²) >= 11 is 0. The molecule has 1 N–H and O–H groups in total. The van der Waals surface area contributed by atoms with Crippen molar-refractivity contribution in [1.82, 2.24) is 5.32 Å². The van der Waals surface area contributed by atoms with Gasteiger partial charge in [0.2, 0.25) is 0 Å². The average molecular weight is 412 g/mol. The van der Waals surface area contributed by atoms with Crippen LogP contribution < -0.4 is 19.7 Å². The molecule has 0 saturated carbocycles. The molecule has 0 spiro atoms. The summed E-state index contributed by atoms with van der Waals surface area (Å²) in [6, 6.07) is 8.91. The Hall–Kier alpha value is -3.68. The van der Waals surface area contributed by atoms with Gasteiger partial charge in [-0.1, -0.05) is 19.4 Å². The van der Waals surface area contributed by atoms with Crippen molar-refractivity contribution < 1.29 is 28.2 Å². The number of unbranched alkanes of at least 4 members (excludes halogenated alkanes) is 1. The molecule has 2 aromatic rings. The van der Waals surface area contributed by atoms with E-state index in [2.05, 4.69) is 12.2 Å². The number of halogens is 1. The molecule has 0 radical (unpaired) electrons. The van der Waals surface area contributed by atoms with Crippen LogP contribution in [0.15, 0.2) is 48.0 Å². The third-order valence-electron chi connectivity index (χ3n) is 4.44. The van der Waals surface area contributed by atoms with Gasteiger partial charge in [-0.05, 0) is 54.5 Å². The van der Waals surface area contributed by atoms with E-state index in [4.69, 9.17) is 9.47 Å². The van der Waals surface area contributed by atoms with Gasteiger partial charge in [-0.25, -0.2) is 14.1 Å². The average Bonchev–Trinajstić information content (AvgIpc) is 2.73. The first-order valence-electron chi connectivity index (χ1n) is 9.42. The third-order valence-corrected chi connectivity index (χ3v) is 4.44. The topological polar surface area (TPSA) is 84.9 Å². The number of barbiturate groups is 1. The maximum absolute atomic E-state index is 13.2. The first-order valence-corrected chi connectivity index (χ1v) is 9.42. The fourth-order valence-corrected chi connectivity index (χ4v) is 2.87. The molecular formula is C22H21FN2O5. The van der Waals surface area contributed by atoms with Gasteiger partial charge in [0, 0.05) is 0 Å². The lowest BCUT2D eigenvalue weighted by molar-refractivity contribution is -0.122. The second-order valence-electron chi connectivity index (χ2n) is 6.55. The molecule has 7 nitrogen and oxygen atoms in total. The Morgan fingerprint density at radius 2 is 1.80 bits per heavy atom. The summed E-state index contributed by atoms with van der Waals surface area (Å²) in [5, 5.41) is 2.13. The predicted octanol–water partition coefficient (Wildman–Crippen LogP) is 3.68. The van der Waals surface area contributed by atoms with E-state index >= 15 is 0 Å². The Balaban J connectivity index is 1.91. The zero-order valence-corrected chi connectivity index (χ0v) is 16.6. The van der Waals surface area contributed by atoms with Crippen LogP contribution in [0.3, 0.4) is 0 Å². The van der Waals surface area contributed by atoms with E-state index in [0.29, 0.717) is 23.7 Å². The molecule has 0 atom stereocenters. The van der Waals surface area contributed by atoms with Crippen molar-refractivity contribution in [3.05, 3.63) is 59.4 Å². The van der Waals surface area contributed by atoms with Gasteiger partial charge in [-0.3, -0.25) is 14.9 Å². The molecule has 0 aromatic heterocycles. The lowest BCUT2D eigenvalue weighted by atomic mass is 10.1. The molecule has 3 rings (SSSR count). The largest absolute Gasteiger partial charge is 0.493 e. The zero-order valence-electron chi connectivity index (χ0n) is 16.6. The van der Waals surface area contributed by atoms with Crippen molar-refractivity contribution in [2.75, 3.05) is 18.6 Å². The number of benzene rings is 2. The number of carbonyl (C=O) groups is 3. The molecule has 1 aliphatic rings. The molecule has 0 aliphatic carbocycles. The van der Waals surface area contributed by atoms with Crippen molar-refractivity contribution in [2.24, 2.45) is 0 Å². The standard InChI is InChI=1S/C22H21FN2O5/c1-3-4-11-30-18-10-5-14(13-19(18)29-2)12-17-20(26)24-22(28)25(21(17)27)16-8-6-15(23)7-9-16/h5-10,12-13H,3-4,11H2,1-2H3,(H,24,26,28)/b17-12+. The monoisotopic (exact) mass is 412 g/mol. The molecule has 2 aromatic carbocycles. The molecule has 1 heterocycles. The minimum atomic E-state index is -0.897. The number of hydrogen-bond donors (Lipinski definition) is 1. The van der Waals surface area contributed by atoms with Gasteiger partial charge in [0.25, 0.3) is 11.8 Å². The van der Waals surface area contributed by atoms with E-state index in [1.807, 2.05) is 0 Å². The van der Waals surface area contributed by atoms with Gasteiger partial charge >= 0.3 is 6.03 Å². The van der Waals surface area contributed by atoms with Crippen LogP contribution in [0.1, 0.15) is 25.3 Å². The van der Waals surface area contributed by atoms with Crippen LogP contribution in [-0.2, 0) is 9.59 Å². The number of urea groups is 1. The van der Waals surface area contributed by atoms with Crippen LogP contribution in [0.4, 0.5) is 14.9 Å². The van der Waals surface area contributed by atoms with Gasteiger partial charge in [0.05, 0.1) is 19.4 Å². The molecule has 1 saturated heterocycles. The predicted molar refractivity (Wildman–Crippen MR) is 109 cm³/mol. The van der Waals surface area contributed by atoms with Crippen LogP contribution in [0.25, 0.3) is 6.08 Å². The number of hydrogen-bond acceptors (Lipinski definition) is 5. The molecule has 0 unspecified atom stereocenters. The van der Waals surface area contributed by atoms with Crippen molar-refractivity contribution in [3.8, 4) is 11.5 Å². The van der Waals surface area contributed by atoms with E-state index < -0.39 is 23.7 Å². The number of nitrogens with one attached hydrogen (secondary N) is 1. The first kappa shape index (κ1) is 21.0. The maximum atomic E-state index is 13.2. The van der Waals surface area contributed by atoms with E-state index in [-0.39, 0.29) is 11.3 Å². The molecule has 1 fully saturated rings. The summed E-state index contributed by atoms with van der Waals surface area (Å²) in [6.07, 6.45) is 3.25.